The van der Waals surface area contributed by atoms with Crippen LogP contribution in [0.2, 0.25) is 0 Å². The fraction of sp³-hybridized carbons (Fsp3) is 0.353. The van der Waals surface area contributed by atoms with Gasteiger partial charge in [-0.25, -0.2) is 0 Å². The summed E-state index contributed by atoms with van der Waals surface area (Å²) in [6.07, 6.45) is 3.92. The maximum absolute atomic E-state index is 13.4. The third-order valence-electron chi connectivity index (χ3n) is 7.27. The number of carbonyl (C=O) groups is 5. The van der Waals surface area contributed by atoms with E-state index in [0.717, 1.165) is 11.1 Å². The van der Waals surface area contributed by atoms with Crippen LogP contribution in [-0.4, -0.2) is 40.1 Å². The SMILES string of the molecule is CC(C)C(CC(=O)[C@H](C)NC(=O)[C@@H](CC(=O)c1ccccc1)Cc1ccccc1)C(=O)C(=O)CCc1cccnc1. The molecule has 3 rings (SSSR count). The van der Waals surface area contributed by atoms with Crippen LogP contribution in [0.4, 0.5) is 0 Å². The topological polar surface area (TPSA) is 110 Å². The lowest BCUT2D eigenvalue weighted by atomic mass is 9.83. The van der Waals surface area contributed by atoms with Crippen molar-refractivity contribution in [2.75, 3.05) is 0 Å². The molecule has 0 radical (unpaired) electrons. The Morgan fingerprint density at radius 1 is 0.780 bits per heavy atom. The van der Waals surface area contributed by atoms with Crippen LogP contribution in [0.5, 0.6) is 0 Å². The molecule has 214 valence electrons. The van der Waals surface area contributed by atoms with E-state index < -0.39 is 35.4 Å². The molecule has 1 aromatic heterocycles. The van der Waals surface area contributed by atoms with Gasteiger partial charge in [-0.2, -0.15) is 0 Å². The lowest BCUT2D eigenvalue weighted by Crippen LogP contribution is -2.44. The lowest BCUT2D eigenvalue weighted by molar-refractivity contribution is -0.141. The fourth-order valence-electron chi connectivity index (χ4n) is 4.69. The molecule has 0 saturated carbocycles. The molecule has 0 aliphatic rings. The van der Waals surface area contributed by atoms with Crippen LogP contribution in [0.15, 0.2) is 85.2 Å². The molecule has 3 aromatic rings. The van der Waals surface area contributed by atoms with Crippen LogP contribution in [0, 0.1) is 17.8 Å². The Labute approximate surface area is 241 Å². The van der Waals surface area contributed by atoms with Crippen molar-refractivity contribution in [1.29, 1.82) is 0 Å². The Morgan fingerprint density at radius 3 is 2.02 bits per heavy atom. The average molecular weight is 555 g/mol. The van der Waals surface area contributed by atoms with Crippen molar-refractivity contribution in [3.05, 3.63) is 102 Å². The minimum Gasteiger partial charge on any atom is -0.346 e. The number of amides is 1. The maximum atomic E-state index is 13.4. The summed E-state index contributed by atoms with van der Waals surface area (Å²) in [4.78, 5) is 69.2. The molecule has 1 N–H and O–H groups in total. The highest BCUT2D eigenvalue weighted by atomic mass is 16.2. The molecule has 0 spiro atoms. The predicted molar refractivity (Wildman–Crippen MR) is 157 cm³/mol. The van der Waals surface area contributed by atoms with Crippen molar-refractivity contribution >= 4 is 29.0 Å². The van der Waals surface area contributed by atoms with Gasteiger partial charge in [-0.1, -0.05) is 80.6 Å². The quantitative estimate of drug-likeness (QED) is 0.197. The first kappa shape index (κ1) is 31.3. The van der Waals surface area contributed by atoms with Gasteiger partial charge in [0.1, 0.15) is 0 Å². The normalized spacial score (nSPS) is 13.2. The number of aryl methyl sites for hydroxylation is 1. The van der Waals surface area contributed by atoms with E-state index in [0.29, 0.717) is 18.4 Å². The summed E-state index contributed by atoms with van der Waals surface area (Å²) >= 11 is 0. The van der Waals surface area contributed by atoms with Crippen LogP contribution >= 0.6 is 0 Å². The van der Waals surface area contributed by atoms with E-state index in [1.54, 1.807) is 63.5 Å². The summed E-state index contributed by atoms with van der Waals surface area (Å²) in [5, 5.41) is 2.77. The van der Waals surface area contributed by atoms with Crippen LogP contribution in [0.25, 0.3) is 0 Å². The first-order chi connectivity index (χ1) is 19.7. The summed E-state index contributed by atoms with van der Waals surface area (Å²) in [6, 6.07) is 20.9. The first-order valence-electron chi connectivity index (χ1n) is 14.1. The van der Waals surface area contributed by atoms with Crippen molar-refractivity contribution in [2.24, 2.45) is 17.8 Å². The Kier molecular flexibility index (Phi) is 11.8. The van der Waals surface area contributed by atoms with Gasteiger partial charge in [0.15, 0.2) is 17.3 Å². The van der Waals surface area contributed by atoms with Gasteiger partial charge in [0, 0.05) is 49.1 Å². The molecule has 1 heterocycles. The predicted octanol–water partition coefficient (Wildman–Crippen LogP) is 5.02. The van der Waals surface area contributed by atoms with E-state index in [4.69, 9.17) is 0 Å². The molecule has 1 amide bonds. The molecule has 0 fully saturated rings. The number of benzene rings is 2. The number of aromatic nitrogens is 1. The summed E-state index contributed by atoms with van der Waals surface area (Å²) < 4.78 is 0. The molecule has 7 heteroatoms. The van der Waals surface area contributed by atoms with Crippen LogP contribution in [0.1, 0.15) is 61.5 Å². The summed E-state index contributed by atoms with van der Waals surface area (Å²) in [6.45, 7) is 5.18. The molecular weight excluding hydrogens is 516 g/mol. The van der Waals surface area contributed by atoms with Gasteiger partial charge in [-0.3, -0.25) is 29.0 Å². The van der Waals surface area contributed by atoms with E-state index in [-0.39, 0.29) is 36.7 Å². The van der Waals surface area contributed by atoms with Crippen molar-refractivity contribution in [1.82, 2.24) is 10.3 Å². The zero-order valence-electron chi connectivity index (χ0n) is 23.9. The van der Waals surface area contributed by atoms with Crippen molar-refractivity contribution in [3.63, 3.8) is 0 Å². The number of nitrogens with zero attached hydrogens (tertiary/aromatic N) is 1. The molecule has 3 atom stereocenters. The summed E-state index contributed by atoms with van der Waals surface area (Å²) in [5.74, 6) is -3.66. The first-order valence-corrected chi connectivity index (χ1v) is 14.1. The largest absolute Gasteiger partial charge is 0.346 e. The van der Waals surface area contributed by atoms with Gasteiger partial charge in [-0.05, 0) is 42.9 Å². The number of hydrogen-bond donors (Lipinski definition) is 1. The Balaban J connectivity index is 1.64. The van der Waals surface area contributed by atoms with Gasteiger partial charge in [0.05, 0.1) is 6.04 Å². The third kappa shape index (κ3) is 9.71. The molecule has 1 unspecified atom stereocenters. The number of nitrogens with one attached hydrogen (secondary N) is 1. The van der Waals surface area contributed by atoms with Crippen LogP contribution in [-0.2, 0) is 32.0 Å². The van der Waals surface area contributed by atoms with E-state index in [1.807, 2.05) is 42.5 Å². The standard InChI is InChI=1S/C34H38N2O5/c1-23(2)29(33(40)30(37)17-16-26-13-10-18-35-22-26)21-31(38)24(3)36-34(41)28(19-25-11-6-4-7-12-25)20-32(39)27-14-8-5-9-15-27/h4-15,18,22-24,28-29H,16-17,19-21H2,1-3H3,(H,36,41)/t24-,28+,29?/m0/s1. The highest BCUT2D eigenvalue weighted by molar-refractivity contribution is 6.38. The summed E-state index contributed by atoms with van der Waals surface area (Å²) in [7, 11) is 0. The molecule has 7 nitrogen and oxygen atoms in total. The van der Waals surface area contributed by atoms with Gasteiger partial charge in [0.25, 0.3) is 0 Å². The van der Waals surface area contributed by atoms with Crippen molar-refractivity contribution in [3.8, 4) is 0 Å². The second-order valence-electron chi connectivity index (χ2n) is 10.8. The molecule has 0 bridgehead atoms. The summed E-state index contributed by atoms with van der Waals surface area (Å²) in [5.41, 5.74) is 2.29. The van der Waals surface area contributed by atoms with Crippen LogP contribution < -0.4 is 5.32 Å². The third-order valence-corrected chi connectivity index (χ3v) is 7.27. The Hall–Kier alpha value is -4.26. The number of hydrogen-bond acceptors (Lipinski definition) is 6. The molecule has 2 aromatic carbocycles. The zero-order valence-corrected chi connectivity index (χ0v) is 23.9. The minimum atomic E-state index is -0.882. The molecule has 0 aliphatic heterocycles. The Bertz CT molecular complexity index is 1320. The van der Waals surface area contributed by atoms with Gasteiger partial charge < -0.3 is 5.32 Å². The fourth-order valence-corrected chi connectivity index (χ4v) is 4.69. The number of pyridine rings is 1. The van der Waals surface area contributed by atoms with E-state index >= 15 is 0 Å². The second-order valence-corrected chi connectivity index (χ2v) is 10.8. The molecule has 0 saturated heterocycles. The maximum Gasteiger partial charge on any atom is 0.224 e. The van der Waals surface area contributed by atoms with Crippen molar-refractivity contribution < 1.29 is 24.0 Å². The smallest absolute Gasteiger partial charge is 0.224 e. The number of rotatable bonds is 16. The highest BCUT2D eigenvalue weighted by Crippen LogP contribution is 2.21. The number of ketones is 4. The second kappa shape index (κ2) is 15.5. The van der Waals surface area contributed by atoms with E-state index in [9.17, 15) is 24.0 Å². The lowest BCUT2D eigenvalue weighted by Gasteiger charge is -2.23. The van der Waals surface area contributed by atoms with E-state index in [1.165, 1.54) is 0 Å². The minimum absolute atomic E-state index is 0.00973. The molecule has 41 heavy (non-hydrogen) atoms. The Morgan fingerprint density at radius 2 is 1.41 bits per heavy atom. The monoisotopic (exact) mass is 554 g/mol. The molecular formula is C34H38N2O5. The van der Waals surface area contributed by atoms with Gasteiger partial charge in [-0.15, -0.1) is 0 Å². The average Bonchev–Trinajstić information content (AvgIpc) is 2.99. The van der Waals surface area contributed by atoms with Gasteiger partial charge in [0.2, 0.25) is 11.7 Å². The zero-order chi connectivity index (χ0) is 29.8. The highest BCUT2D eigenvalue weighted by Gasteiger charge is 2.32. The number of Topliss-reactive ketones (excluding diaryl/α,β-unsaturated/α-hetero) is 4. The molecule has 0 aliphatic carbocycles. The van der Waals surface area contributed by atoms with Crippen LogP contribution in [0.3, 0.4) is 0 Å². The number of carbonyl (C=O) groups excluding carboxylic acids is 5. The van der Waals surface area contributed by atoms with Crippen molar-refractivity contribution in [2.45, 2.75) is 58.9 Å². The van der Waals surface area contributed by atoms with E-state index in [2.05, 4.69) is 10.3 Å². The van der Waals surface area contributed by atoms with Gasteiger partial charge >= 0.3 is 0 Å².